The summed E-state index contributed by atoms with van der Waals surface area (Å²) in [5.74, 6) is -0.547. The Morgan fingerprint density at radius 2 is 1.90 bits per heavy atom. The number of amides is 1. The zero-order chi connectivity index (χ0) is 16.4. The molecule has 0 heterocycles. The number of rotatable bonds is 5. The minimum Gasteiger partial charge on any atom is -0.345 e. The molecule has 0 atom stereocenters. The number of non-ortho nitro benzene ring substituents is 1. The number of nitro benzene ring substituents is 1. The third-order valence-corrected chi connectivity index (χ3v) is 4.19. The highest BCUT2D eigenvalue weighted by Crippen LogP contribution is 2.23. The number of carbonyl (C=O) groups is 1. The fraction of sp³-hybridized carbons (Fsp3) is 0.417. The van der Waals surface area contributed by atoms with Gasteiger partial charge in [0.15, 0.2) is 0 Å². The van der Waals surface area contributed by atoms with Crippen molar-refractivity contribution in [2.24, 2.45) is 0 Å². The van der Waals surface area contributed by atoms with Crippen molar-refractivity contribution in [3.63, 3.8) is 0 Å². The van der Waals surface area contributed by atoms with Crippen molar-refractivity contribution in [3.05, 3.63) is 33.9 Å². The first-order valence-electron chi connectivity index (χ1n) is 6.08. The first-order chi connectivity index (χ1) is 9.56. The fourth-order valence-corrected chi connectivity index (χ4v) is 3.11. The number of sulfonamides is 1. The number of nitrogens with zero attached hydrogens (tertiary/aromatic N) is 2. The molecule has 1 rings (SSSR count). The molecule has 0 unspecified atom stereocenters. The van der Waals surface area contributed by atoms with Crippen molar-refractivity contribution in [2.75, 3.05) is 14.1 Å². The van der Waals surface area contributed by atoms with Gasteiger partial charge in [-0.3, -0.25) is 14.9 Å². The molecule has 0 aliphatic heterocycles. The van der Waals surface area contributed by atoms with Crippen LogP contribution < -0.4 is 4.72 Å². The molecule has 0 aromatic heterocycles. The summed E-state index contributed by atoms with van der Waals surface area (Å²) < 4.78 is 26.8. The molecule has 0 radical (unpaired) electrons. The van der Waals surface area contributed by atoms with Crippen LogP contribution in [0.4, 0.5) is 5.69 Å². The van der Waals surface area contributed by atoms with Gasteiger partial charge in [-0.25, -0.2) is 13.1 Å². The lowest BCUT2D eigenvalue weighted by molar-refractivity contribution is -0.385. The third kappa shape index (κ3) is 3.99. The maximum absolute atomic E-state index is 12.3. The van der Waals surface area contributed by atoms with Crippen LogP contribution in [-0.2, 0) is 10.0 Å². The largest absolute Gasteiger partial charge is 0.345 e. The average molecular weight is 315 g/mol. The lowest BCUT2D eigenvalue weighted by Gasteiger charge is -2.15. The number of nitro groups is 1. The molecule has 0 spiro atoms. The van der Waals surface area contributed by atoms with Crippen molar-refractivity contribution >= 4 is 21.6 Å². The Balaban J connectivity index is 3.54. The maximum atomic E-state index is 12.3. The molecule has 0 aliphatic rings. The van der Waals surface area contributed by atoms with Crippen molar-refractivity contribution in [3.8, 4) is 0 Å². The highest BCUT2D eigenvalue weighted by Gasteiger charge is 2.26. The summed E-state index contributed by atoms with van der Waals surface area (Å²) in [7, 11) is -1.09. The van der Waals surface area contributed by atoms with E-state index in [1.54, 1.807) is 13.8 Å². The molecule has 21 heavy (non-hydrogen) atoms. The molecule has 0 fully saturated rings. The fourth-order valence-electron chi connectivity index (χ4n) is 1.64. The molecule has 116 valence electrons. The van der Waals surface area contributed by atoms with E-state index in [1.807, 2.05) is 0 Å². The molecule has 8 nitrogen and oxygen atoms in total. The summed E-state index contributed by atoms with van der Waals surface area (Å²) in [6.45, 7) is 3.23. The van der Waals surface area contributed by atoms with Crippen LogP contribution >= 0.6 is 0 Å². The van der Waals surface area contributed by atoms with E-state index in [9.17, 15) is 23.3 Å². The van der Waals surface area contributed by atoms with E-state index in [1.165, 1.54) is 19.0 Å². The van der Waals surface area contributed by atoms with Gasteiger partial charge in [-0.1, -0.05) is 0 Å². The van der Waals surface area contributed by atoms with Crippen LogP contribution in [0.3, 0.4) is 0 Å². The summed E-state index contributed by atoms with van der Waals surface area (Å²) in [5, 5.41) is 10.8. The zero-order valence-electron chi connectivity index (χ0n) is 12.2. The van der Waals surface area contributed by atoms with E-state index in [4.69, 9.17) is 0 Å². The molecule has 0 saturated heterocycles. The molecule has 1 aromatic carbocycles. The van der Waals surface area contributed by atoms with E-state index in [0.29, 0.717) is 0 Å². The molecule has 0 bridgehead atoms. The van der Waals surface area contributed by atoms with Gasteiger partial charge in [0.05, 0.1) is 10.5 Å². The monoisotopic (exact) mass is 315 g/mol. The lowest BCUT2D eigenvalue weighted by atomic mass is 10.2. The summed E-state index contributed by atoms with van der Waals surface area (Å²) >= 11 is 0. The van der Waals surface area contributed by atoms with Gasteiger partial charge in [0.25, 0.3) is 11.6 Å². The number of nitrogens with one attached hydrogen (secondary N) is 1. The minimum atomic E-state index is -4.03. The predicted octanol–water partition coefficient (Wildman–Crippen LogP) is 0.983. The van der Waals surface area contributed by atoms with Crippen LogP contribution in [-0.4, -0.2) is 44.3 Å². The van der Waals surface area contributed by atoms with Gasteiger partial charge in [0.1, 0.15) is 4.90 Å². The molecular formula is C12H17N3O5S. The Bertz CT molecular complexity index is 667. The Labute approximate surface area is 123 Å². The SMILES string of the molecule is CC(C)NS(=O)(=O)c1cc([N+](=O)[O-])ccc1C(=O)N(C)C. The van der Waals surface area contributed by atoms with Crippen LogP contribution in [0.5, 0.6) is 0 Å². The normalized spacial score (nSPS) is 11.5. The number of hydrogen-bond donors (Lipinski definition) is 1. The van der Waals surface area contributed by atoms with E-state index < -0.39 is 37.5 Å². The van der Waals surface area contributed by atoms with Crippen LogP contribution in [0.1, 0.15) is 24.2 Å². The minimum absolute atomic E-state index is 0.112. The molecule has 9 heteroatoms. The van der Waals surface area contributed by atoms with E-state index in [0.717, 1.165) is 18.2 Å². The van der Waals surface area contributed by atoms with E-state index in [-0.39, 0.29) is 5.56 Å². The number of carbonyl (C=O) groups excluding carboxylic acids is 1. The van der Waals surface area contributed by atoms with Gasteiger partial charge in [0.2, 0.25) is 10.0 Å². The first-order valence-corrected chi connectivity index (χ1v) is 7.57. The van der Waals surface area contributed by atoms with Crippen molar-refractivity contribution < 1.29 is 18.1 Å². The Kier molecular flexibility index (Phi) is 5.02. The van der Waals surface area contributed by atoms with Gasteiger partial charge >= 0.3 is 0 Å². The van der Waals surface area contributed by atoms with Gasteiger partial charge in [-0.15, -0.1) is 0 Å². The average Bonchev–Trinajstić information content (AvgIpc) is 2.35. The topological polar surface area (TPSA) is 110 Å². The van der Waals surface area contributed by atoms with Crippen LogP contribution in [0.25, 0.3) is 0 Å². The smallest absolute Gasteiger partial charge is 0.270 e. The molecule has 0 saturated carbocycles. The summed E-state index contributed by atoms with van der Waals surface area (Å²) in [6.07, 6.45) is 0. The zero-order valence-corrected chi connectivity index (χ0v) is 13.0. The second kappa shape index (κ2) is 6.19. The van der Waals surface area contributed by atoms with Crippen LogP contribution in [0, 0.1) is 10.1 Å². The second-order valence-corrected chi connectivity index (χ2v) is 6.60. The maximum Gasteiger partial charge on any atom is 0.270 e. The number of hydrogen-bond acceptors (Lipinski definition) is 5. The van der Waals surface area contributed by atoms with Crippen molar-refractivity contribution in [1.82, 2.24) is 9.62 Å². The Morgan fingerprint density at radius 3 is 2.33 bits per heavy atom. The Morgan fingerprint density at radius 1 is 1.33 bits per heavy atom. The molecule has 1 aromatic rings. The number of benzene rings is 1. The highest BCUT2D eigenvalue weighted by atomic mass is 32.2. The summed E-state index contributed by atoms with van der Waals surface area (Å²) in [4.78, 5) is 22.9. The van der Waals surface area contributed by atoms with Gasteiger partial charge < -0.3 is 4.90 Å². The van der Waals surface area contributed by atoms with Crippen molar-refractivity contribution in [1.29, 1.82) is 0 Å². The summed E-state index contributed by atoms with van der Waals surface area (Å²) in [6, 6.07) is 2.73. The lowest BCUT2D eigenvalue weighted by Crippen LogP contribution is -2.32. The first kappa shape index (κ1) is 17.1. The molecule has 0 aliphatic carbocycles. The van der Waals surface area contributed by atoms with Gasteiger partial charge in [-0.2, -0.15) is 0 Å². The third-order valence-electron chi connectivity index (χ3n) is 2.49. The van der Waals surface area contributed by atoms with E-state index >= 15 is 0 Å². The van der Waals surface area contributed by atoms with Crippen molar-refractivity contribution in [2.45, 2.75) is 24.8 Å². The van der Waals surface area contributed by atoms with Crippen LogP contribution in [0.2, 0.25) is 0 Å². The molecular weight excluding hydrogens is 298 g/mol. The molecule has 1 amide bonds. The highest BCUT2D eigenvalue weighted by molar-refractivity contribution is 7.89. The van der Waals surface area contributed by atoms with E-state index in [2.05, 4.69) is 4.72 Å². The quantitative estimate of drug-likeness (QED) is 0.643. The van der Waals surface area contributed by atoms with Gasteiger partial charge in [0, 0.05) is 32.3 Å². The predicted molar refractivity (Wildman–Crippen MR) is 76.6 cm³/mol. The van der Waals surface area contributed by atoms with Gasteiger partial charge in [-0.05, 0) is 19.9 Å². The summed E-state index contributed by atoms with van der Waals surface area (Å²) in [5.41, 5.74) is -0.506. The Hall–Kier alpha value is -2.00. The standard InChI is InChI=1S/C12H17N3O5S/c1-8(2)13-21(19,20)11-7-9(15(17)18)5-6-10(11)12(16)14(3)4/h5-8,13H,1-4H3. The van der Waals surface area contributed by atoms with Crippen LogP contribution in [0.15, 0.2) is 23.1 Å². The molecule has 1 N–H and O–H groups in total. The second-order valence-electron chi connectivity index (χ2n) is 4.91.